The monoisotopic (exact) mass is 385 g/mol. The standard InChI is InChI=1S/C23H16FN3O2/c24-18-8-6-16(7-9-18)22-25-14-17(15-26-22)23(28)27-19-10-12-21(13-11-19)29-20-4-2-1-3-5-20/h1-15H,(H,27,28). The molecule has 0 spiro atoms. The summed E-state index contributed by atoms with van der Waals surface area (Å²) in [6, 6.07) is 22.3. The van der Waals surface area contributed by atoms with Crippen molar-refractivity contribution in [2.24, 2.45) is 0 Å². The van der Waals surface area contributed by atoms with E-state index in [0.29, 0.717) is 28.4 Å². The van der Waals surface area contributed by atoms with Gasteiger partial charge in [0.05, 0.1) is 5.56 Å². The fourth-order valence-electron chi connectivity index (χ4n) is 2.63. The van der Waals surface area contributed by atoms with Gasteiger partial charge in [-0.05, 0) is 60.7 Å². The number of aromatic nitrogens is 2. The highest BCUT2D eigenvalue weighted by Gasteiger charge is 2.09. The molecule has 1 N–H and O–H groups in total. The number of carbonyl (C=O) groups is 1. The Morgan fingerprint density at radius 3 is 2.07 bits per heavy atom. The van der Waals surface area contributed by atoms with Gasteiger partial charge >= 0.3 is 0 Å². The van der Waals surface area contributed by atoms with E-state index in [1.54, 1.807) is 36.4 Å². The number of nitrogens with zero attached hydrogens (tertiary/aromatic N) is 2. The minimum atomic E-state index is -0.329. The van der Waals surface area contributed by atoms with E-state index in [1.165, 1.54) is 24.5 Å². The first kappa shape index (κ1) is 18.3. The van der Waals surface area contributed by atoms with Crippen LogP contribution in [0, 0.1) is 5.82 Å². The zero-order valence-corrected chi connectivity index (χ0v) is 15.2. The molecule has 0 saturated heterocycles. The number of hydrogen-bond acceptors (Lipinski definition) is 4. The lowest BCUT2D eigenvalue weighted by Crippen LogP contribution is -2.12. The third-order valence-electron chi connectivity index (χ3n) is 4.11. The molecule has 5 nitrogen and oxygen atoms in total. The van der Waals surface area contributed by atoms with Gasteiger partial charge in [0.15, 0.2) is 5.82 Å². The Bertz CT molecular complexity index is 1100. The zero-order valence-electron chi connectivity index (χ0n) is 15.2. The molecule has 0 bridgehead atoms. The van der Waals surface area contributed by atoms with Gasteiger partial charge in [0.2, 0.25) is 0 Å². The van der Waals surface area contributed by atoms with Gasteiger partial charge in [0, 0.05) is 23.6 Å². The van der Waals surface area contributed by atoms with Crippen LogP contribution >= 0.6 is 0 Å². The van der Waals surface area contributed by atoms with E-state index >= 15 is 0 Å². The van der Waals surface area contributed by atoms with Crippen LogP contribution in [0.4, 0.5) is 10.1 Å². The molecule has 3 aromatic carbocycles. The second-order valence-corrected chi connectivity index (χ2v) is 6.20. The summed E-state index contributed by atoms with van der Waals surface area (Å²) in [6.45, 7) is 0. The summed E-state index contributed by atoms with van der Waals surface area (Å²) < 4.78 is 18.7. The van der Waals surface area contributed by atoms with Gasteiger partial charge in [-0.3, -0.25) is 4.79 Å². The molecule has 29 heavy (non-hydrogen) atoms. The molecule has 0 radical (unpaired) electrons. The summed E-state index contributed by atoms with van der Waals surface area (Å²) in [4.78, 5) is 20.8. The smallest absolute Gasteiger partial charge is 0.258 e. The second-order valence-electron chi connectivity index (χ2n) is 6.20. The maximum atomic E-state index is 13.0. The maximum Gasteiger partial charge on any atom is 0.258 e. The average Bonchev–Trinajstić information content (AvgIpc) is 2.76. The normalized spacial score (nSPS) is 10.4. The van der Waals surface area contributed by atoms with Gasteiger partial charge in [-0.15, -0.1) is 0 Å². The Hall–Kier alpha value is -4.06. The van der Waals surface area contributed by atoms with E-state index in [9.17, 15) is 9.18 Å². The van der Waals surface area contributed by atoms with E-state index in [-0.39, 0.29) is 11.7 Å². The number of halogens is 1. The summed E-state index contributed by atoms with van der Waals surface area (Å²) in [7, 11) is 0. The van der Waals surface area contributed by atoms with Crippen LogP contribution in [-0.2, 0) is 0 Å². The molecular formula is C23H16FN3O2. The van der Waals surface area contributed by atoms with E-state index in [0.717, 1.165) is 5.75 Å². The van der Waals surface area contributed by atoms with Crippen molar-refractivity contribution in [2.45, 2.75) is 0 Å². The maximum absolute atomic E-state index is 13.0. The molecule has 0 aliphatic carbocycles. The SMILES string of the molecule is O=C(Nc1ccc(Oc2ccccc2)cc1)c1cnc(-c2ccc(F)cc2)nc1. The van der Waals surface area contributed by atoms with Crippen molar-refractivity contribution >= 4 is 11.6 Å². The molecule has 4 rings (SSSR count). The van der Waals surface area contributed by atoms with Crippen LogP contribution in [0.15, 0.2) is 91.3 Å². The molecule has 0 aliphatic heterocycles. The van der Waals surface area contributed by atoms with Gasteiger partial charge in [-0.25, -0.2) is 14.4 Å². The van der Waals surface area contributed by atoms with Crippen LogP contribution in [0.5, 0.6) is 11.5 Å². The first-order valence-corrected chi connectivity index (χ1v) is 8.90. The van der Waals surface area contributed by atoms with Crippen LogP contribution in [0.3, 0.4) is 0 Å². The summed E-state index contributed by atoms with van der Waals surface area (Å²) in [5.74, 6) is 1.17. The molecule has 1 heterocycles. The van der Waals surface area contributed by atoms with E-state index in [2.05, 4.69) is 15.3 Å². The number of anilines is 1. The van der Waals surface area contributed by atoms with Crippen LogP contribution in [0.1, 0.15) is 10.4 Å². The summed E-state index contributed by atoms with van der Waals surface area (Å²) >= 11 is 0. The molecule has 1 amide bonds. The van der Waals surface area contributed by atoms with Crippen LogP contribution in [0.2, 0.25) is 0 Å². The number of rotatable bonds is 5. The van der Waals surface area contributed by atoms with Crippen LogP contribution in [0.25, 0.3) is 11.4 Å². The number of para-hydroxylation sites is 1. The lowest BCUT2D eigenvalue weighted by molar-refractivity contribution is 0.102. The largest absolute Gasteiger partial charge is 0.457 e. The molecule has 0 unspecified atom stereocenters. The molecule has 0 fully saturated rings. The van der Waals surface area contributed by atoms with Gasteiger partial charge in [0.25, 0.3) is 5.91 Å². The number of benzene rings is 3. The quantitative estimate of drug-likeness (QED) is 0.504. The Kier molecular flexibility index (Phi) is 5.25. The lowest BCUT2D eigenvalue weighted by Gasteiger charge is -2.08. The first-order chi connectivity index (χ1) is 14.2. The minimum Gasteiger partial charge on any atom is -0.457 e. The fraction of sp³-hybridized carbons (Fsp3) is 0. The van der Waals surface area contributed by atoms with Crippen molar-refractivity contribution in [1.29, 1.82) is 0 Å². The summed E-state index contributed by atoms with van der Waals surface area (Å²) in [5.41, 5.74) is 1.62. The zero-order chi connectivity index (χ0) is 20.1. The number of amides is 1. The molecule has 142 valence electrons. The highest BCUT2D eigenvalue weighted by atomic mass is 19.1. The van der Waals surface area contributed by atoms with Gasteiger partial charge in [-0.2, -0.15) is 0 Å². The number of nitrogens with one attached hydrogen (secondary N) is 1. The Labute approximate surface area is 166 Å². The molecule has 0 aliphatic rings. The van der Waals surface area contributed by atoms with Gasteiger partial charge < -0.3 is 10.1 Å². The van der Waals surface area contributed by atoms with E-state index in [4.69, 9.17) is 4.74 Å². The van der Waals surface area contributed by atoms with Crippen LogP contribution < -0.4 is 10.1 Å². The molecule has 0 atom stereocenters. The first-order valence-electron chi connectivity index (χ1n) is 8.90. The number of ether oxygens (including phenoxy) is 1. The summed E-state index contributed by atoms with van der Waals surface area (Å²) in [5, 5.41) is 2.79. The van der Waals surface area contributed by atoms with Crippen LogP contribution in [-0.4, -0.2) is 15.9 Å². The number of hydrogen-bond donors (Lipinski definition) is 1. The van der Waals surface area contributed by atoms with Gasteiger partial charge in [0.1, 0.15) is 17.3 Å². The highest BCUT2D eigenvalue weighted by Crippen LogP contribution is 2.23. The minimum absolute atomic E-state index is 0.320. The van der Waals surface area contributed by atoms with Crippen molar-refractivity contribution in [3.8, 4) is 22.9 Å². The second kappa shape index (κ2) is 8.31. The fourth-order valence-corrected chi connectivity index (χ4v) is 2.63. The Balaban J connectivity index is 1.40. The van der Waals surface area contributed by atoms with Crippen molar-refractivity contribution in [2.75, 3.05) is 5.32 Å². The molecule has 4 aromatic rings. The van der Waals surface area contributed by atoms with Gasteiger partial charge in [-0.1, -0.05) is 18.2 Å². The topological polar surface area (TPSA) is 64.1 Å². The number of carbonyl (C=O) groups excluding carboxylic acids is 1. The Morgan fingerprint density at radius 2 is 1.41 bits per heavy atom. The third kappa shape index (κ3) is 4.62. The van der Waals surface area contributed by atoms with Crippen molar-refractivity contribution in [3.63, 3.8) is 0 Å². The van der Waals surface area contributed by atoms with Crippen molar-refractivity contribution in [1.82, 2.24) is 9.97 Å². The van der Waals surface area contributed by atoms with Crippen molar-refractivity contribution in [3.05, 3.63) is 103 Å². The average molecular weight is 385 g/mol. The molecular weight excluding hydrogens is 369 g/mol. The predicted octanol–water partition coefficient (Wildman–Crippen LogP) is 5.33. The molecule has 1 aromatic heterocycles. The molecule has 0 saturated carbocycles. The molecule has 6 heteroatoms. The van der Waals surface area contributed by atoms with E-state index < -0.39 is 0 Å². The lowest BCUT2D eigenvalue weighted by atomic mass is 10.2. The van der Waals surface area contributed by atoms with E-state index in [1.807, 2.05) is 30.3 Å². The third-order valence-corrected chi connectivity index (χ3v) is 4.11. The van der Waals surface area contributed by atoms with Crippen molar-refractivity contribution < 1.29 is 13.9 Å². The highest BCUT2D eigenvalue weighted by molar-refractivity contribution is 6.03. The Morgan fingerprint density at radius 1 is 0.793 bits per heavy atom. The summed E-state index contributed by atoms with van der Waals surface area (Å²) in [6.07, 6.45) is 2.88. The predicted molar refractivity (Wildman–Crippen MR) is 108 cm³/mol.